The van der Waals surface area contributed by atoms with Gasteiger partial charge in [0.2, 0.25) is 5.91 Å². The molecule has 1 N–H and O–H groups in total. The van der Waals surface area contributed by atoms with Gasteiger partial charge in [0.25, 0.3) is 4.45 Å². The van der Waals surface area contributed by atoms with Crippen LogP contribution >= 0.6 is 23.8 Å². The molecule has 20 heavy (non-hydrogen) atoms. The number of amides is 1. The summed E-state index contributed by atoms with van der Waals surface area (Å²) in [4.78, 5) is 23.1. The number of nitrogens with one attached hydrogen (secondary N) is 1. The predicted octanol–water partition coefficient (Wildman–Crippen LogP) is 4.33. The average Bonchev–Trinajstić information content (AvgIpc) is 2.46. The highest BCUT2D eigenvalue weighted by Gasteiger charge is 2.09. The van der Waals surface area contributed by atoms with Crippen molar-refractivity contribution in [1.29, 1.82) is 0 Å². The van der Waals surface area contributed by atoms with Crippen LogP contribution < -0.4 is 5.32 Å². The number of anilines is 1. The lowest BCUT2D eigenvalue weighted by atomic mass is 10.3. The fourth-order valence-corrected chi connectivity index (χ4v) is 2.50. The first-order valence-electron chi connectivity index (χ1n) is 6.53. The van der Waals surface area contributed by atoms with Crippen molar-refractivity contribution >= 4 is 39.8 Å². The van der Waals surface area contributed by atoms with Crippen molar-refractivity contribution in [3.05, 3.63) is 30.3 Å². The first-order valence-corrected chi connectivity index (χ1v) is 8.26. The quantitative estimate of drug-likeness (QED) is 0.572. The van der Waals surface area contributed by atoms with Crippen molar-refractivity contribution in [3.63, 3.8) is 0 Å². The van der Waals surface area contributed by atoms with E-state index in [-0.39, 0.29) is 16.1 Å². The second kappa shape index (κ2) is 10.8. The molecule has 0 aliphatic heterocycles. The topological polar surface area (TPSA) is 55.4 Å². The molecule has 0 aliphatic carbocycles. The Bertz CT molecular complexity index is 412. The van der Waals surface area contributed by atoms with Gasteiger partial charge in [-0.1, -0.05) is 49.7 Å². The van der Waals surface area contributed by atoms with E-state index in [0.29, 0.717) is 6.61 Å². The lowest BCUT2D eigenvalue weighted by Gasteiger charge is -2.04. The second-order valence-electron chi connectivity index (χ2n) is 4.07. The summed E-state index contributed by atoms with van der Waals surface area (Å²) in [6, 6.07) is 9.16. The molecule has 0 unspecified atom stereocenters. The third-order valence-corrected chi connectivity index (χ3v) is 3.96. The maximum Gasteiger partial charge on any atom is 0.273 e. The number of hydrogen-bond donors (Lipinski definition) is 1. The molecule has 4 nitrogen and oxygen atoms in total. The summed E-state index contributed by atoms with van der Waals surface area (Å²) in [6.45, 7) is 2.68. The normalized spacial score (nSPS) is 10.2. The Hall–Kier alpha value is -0.980. The van der Waals surface area contributed by atoms with Crippen LogP contribution in [-0.4, -0.2) is 22.7 Å². The summed E-state index contributed by atoms with van der Waals surface area (Å²) in [5.74, 6) is -0.0971. The number of carbonyl (C=O) groups is 2. The fraction of sp³-hybridized carbons (Fsp3) is 0.429. The number of rotatable bonds is 8. The van der Waals surface area contributed by atoms with Crippen LogP contribution in [0.15, 0.2) is 30.3 Å². The van der Waals surface area contributed by atoms with Gasteiger partial charge >= 0.3 is 0 Å². The summed E-state index contributed by atoms with van der Waals surface area (Å²) < 4.78 is 4.97. The summed E-state index contributed by atoms with van der Waals surface area (Å²) in [6.07, 6.45) is 3.17. The van der Waals surface area contributed by atoms with Gasteiger partial charge in [0.1, 0.15) is 0 Å². The summed E-state index contributed by atoms with van der Waals surface area (Å²) in [5.41, 5.74) is 0.731. The molecule has 0 aliphatic rings. The van der Waals surface area contributed by atoms with Gasteiger partial charge in [-0.15, -0.1) is 0 Å². The van der Waals surface area contributed by atoms with E-state index in [4.69, 9.17) is 4.18 Å². The van der Waals surface area contributed by atoms with E-state index in [0.717, 1.165) is 48.8 Å². The number of thioether (sulfide) groups is 1. The Kier molecular flexibility index (Phi) is 9.19. The Morgan fingerprint density at radius 3 is 2.65 bits per heavy atom. The molecular weight excluding hydrogens is 294 g/mol. The number of hydrogen-bond acceptors (Lipinski definition) is 5. The standard InChI is InChI=1S/C14H19NO3S2/c1-2-3-7-10-18-20-14(17)19-11-13(16)15-12-8-5-4-6-9-12/h4-6,8-9H,2-3,7,10-11H2,1H3,(H,15,16). The maximum atomic E-state index is 11.6. The van der Waals surface area contributed by atoms with E-state index in [1.165, 1.54) is 0 Å². The van der Waals surface area contributed by atoms with Crippen molar-refractivity contribution in [3.8, 4) is 0 Å². The molecule has 1 aromatic carbocycles. The van der Waals surface area contributed by atoms with Gasteiger partial charge in [0.15, 0.2) is 0 Å². The van der Waals surface area contributed by atoms with E-state index >= 15 is 0 Å². The zero-order valence-electron chi connectivity index (χ0n) is 11.5. The first kappa shape index (κ1) is 17.1. The molecule has 1 aromatic rings. The van der Waals surface area contributed by atoms with Crippen molar-refractivity contribution < 1.29 is 13.8 Å². The molecule has 0 radical (unpaired) electrons. The van der Waals surface area contributed by atoms with Crippen molar-refractivity contribution in [2.75, 3.05) is 17.7 Å². The molecule has 0 heterocycles. The van der Waals surface area contributed by atoms with E-state index in [1.807, 2.05) is 18.2 Å². The highest BCUT2D eigenvalue weighted by molar-refractivity contribution is 8.37. The number of para-hydroxylation sites is 1. The molecule has 0 bridgehead atoms. The Labute approximate surface area is 128 Å². The maximum absolute atomic E-state index is 11.6. The lowest BCUT2D eigenvalue weighted by molar-refractivity contribution is -0.113. The highest BCUT2D eigenvalue weighted by atomic mass is 32.2. The van der Waals surface area contributed by atoms with Gasteiger partial charge in [0, 0.05) is 5.69 Å². The highest BCUT2D eigenvalue weighted by Crippen LogP contribution is 2.18. The molecule has 6 heteroatoms. The number of carbonyl (C=O) groups excluding carboxylic acids is 2. The number of unbranched alkanes of at least 4 members (excludes halogenated alkanes) is 2. The van der Waals surface area contributed by atoms with Crippen molar-refractivity contribution in [2.24, 2.45) is 0 Å². The van der Waals surface area contributed by atoms with Crippen LogP contribution in [0.25, 0.3) is 0 Å². The van der Waals surface area contributed by atoms with Crippen LogP contribution in [0, 0.1) is 0 Å². The first-order chi connectivity index (χ1) is 9.72. The van der Waals surface area contributed by atoms with Crippen LogP contribution in [0.2, 0.25) is 0 Å². The van der Waals surface area contributed by atoms with Gasteiger partial charge in [-0.25, -0.2) is 0 Å². The lowest BCUT2D eigenvalue weighted by Crippen LogP contribution is -2.14. The monoisotopic (exact) mass is 313 g/mol. The molecule has 0 aromatic heterocycles. The summed E-state index contributed by atoms with van der Waals surface area (Å²) in [7, 11) is 0. The van der Waals surface area contributed by atoms with Gasteiger partial charge in [-0.3, -0.25) is 9.59 Å². The average molecular weight is 313 g/mol. The third kappa shape index (κ3) is 8.24. The predicted molar refractivity (Wildman–Crippen MR) is 86.0 cm³/mol. The minimum Gasteiger partial charge on any atom is -0.325 e. The minimum atomic E-state index is -0.193. The zero-order valence-corrected chi connectivity index (χ0v) is 13.1. The van der Waals surface area contributed by atoms with Crippen LogP contribution in [0.5, 0.6) is 0 Å². The van der Waals surface area contributed by atoms with Crippen LogP contribution in [-0.2, 0) is 8.98 Å². The van der Waals surface area contributed by atoms with Gasteiger partial charge < -0.3 is 9.50 Å². The fourth-order valence-electron chi connectivity index (χ4n) is 1.37. The Balaban J connectivity index is 2.10. The summed E-state index contributed by atoms with van der Waals surface area (Å²) in [5, 5.41) is 2.72. The molecule has 1 amide bonds. The Morgan fingerprint density at radius 1 is 1.20 bits per heavy atom. The van der Waals surface area contributed by atoms with Crippen molar-refractivity contribution in [1.82, 2.24) is 0 Å². The van der Waals surface area contributed by atoms with Crippen LogP contribution in [0.4, 0.5) is 10.5 Å². The third-order valence-electron chi connectivity index (χ3n) is 2.34. The van der Waals surface area contributed by atoms with Gasteiger partial charge in [-0.05, 0) is 18.6 Å². The van der Waals surface area contributed by atoms with Crippen LogP contribution in [0.3, 0.4) is 0 Å². The molecule has 0 saturated heterocycles. The van der Waals surface area contributed by atoms with E-state index in [1.54, 1.807) is 12.1 Å². The SMILES string of the molecule is CCCCCOSC(=O)SCC(=O)Nc1ccccc1. The second-order valence-corrected chi connectivity index (χ2v) is 6.05. The molecule has 1 rings (SSSR count). The zero-order chi connectivity index (χ0) is 14.6. The minimum absolute atomic E-state index is 0.0963. The van der Waals surface area contributed by atoms with Crippen LogP contribution in [0.1, 0.15) is 26.2 Å². The largest absolute Gasteiger partial charge is 0.325 e. The summed E-state index contributed by atoms with van der Waals surface area (Å²) >= 11 is 1.77. The van der Waals surface area contributed by atoms with Gasteiger partial charge in [-0.2, -0.15) is 0 Å². The smallest absolute Gasteiger partial charge is 0.273 e. The molecule has 0 atom stereocenters. The number of benzene rings is 1. The van der Waals surface area contributed by atoms with E-state index < -0.39 is 0 Å². The van der Waals surface area contributed by atoms with E-state index in [9.17, 15) is 9.59 Å². The Morgan fingerprint density at radius 2 is 1.95 bits per heavy atom. The van der Waals surface area contributed by atoms with Crippen molar-refractivity contribution in [2.45, 2.75) is 26.2 Å². The molecule has 0 saturated carbocycles. The molecular formula is C14H19NO3S2. The molecule has 110 valence electrons. The van der Waals surface area contributed by atoms with Gasteiger partial charge in [0.05, 0.1) is 24.4 Å². The van der Waals surface area contributed by atoms with E-state index in [2.05, 4.69) is 12.2 Å². The molecule has 0 spiro atoms. The molecule has 0 fully saturated rings.